The molecule has 16 heavy (non-hydrogen) atoms. The van der Waals surface area contributed by atoms with Crippen LogP contribution in [0.3, 0.4) is 0 Å². The van der Waals surface area contributed by atoms with E-state index < -0.39 is 0 Å². The topological polar surface area (TPSA) is 73.9 Å². The number of nitrogen functional groups attached to an aromatic ring is 1. The van der Waals surface area contributed by atoms with Crippen LogP contribution in [-0.4, -0.2) is 23.0 Å². The van der Waals surface area contributed by atoms with E-state index in [1.54, 1.807) is 24.4 Å². The van der Waals surface area contributed by atoms with E-state index >= 15 is 0 Å². The van der Waals surface area contributed by atoms with Crippen molar-refractivity contribution in [1.82, 2.24) is 10.4 Å². The minimum Gasteiger partial charge on any atom is -0.508 e. The van der Waals surface area contributed by atoms with Gasteiger partial charge in [0.05, 0.1) is 0 Å². The van der Waals surface area contributed by atoms with Gasteiger partial charge in [0.1, 0.15) is 12.4 Å². The van der Waals surface area contributed by atoms with Gasteiger partial charge in [0.15, 0.2) is 0 Å². The van der Waals surface area contributed by atoms with Gasteiger partial charge in [-0.25, -0.2) is 5.43 Å². The summed E-state index contributed by atoms with van der Waals surface area (Å²) in [6, 6.07) is 5.01. The van der Waals surface area contributed by atoms with Crippen molar-refractivity contribution >= 4 is 11.9 Å². The predicted molar refractivity (Wildman–Crippen MR) is 63.7 cm³/mol. The molecule has 5 heteroatoms. The van der Waals surface area contributed by atoms with Gasteiger partial charge in [0, 0.05) is 30.2 Å². The highest BCUT2D eigenvalue weighted by Gasteiger charge is 2.04. The molecule has 0 aromatic heterocycles. The Hall–Kier alpha value is -2.01. The van der Waals surface area contributed by atoms with Crippen molar-refractivity contribution in [1.29, 1.82) is 0 Å². The molecule has 0 atom stereocenters. The molecule has 5 nitrogen and oxygen atoms in total. The Balaban J connectivity index is 1.96. The largest absolute Gasteiger partial charge is 0.508 e. The van der Waals surface area contributed by atoms with Crippen LogP contribution in [-0.2, 0) is 6.54 Å². The Bertz CT molecular complexity index is 428. The van der Waals surface area contributed by atoms with Crippen LogP contribution in [0.1, 0.15) is 5.56 Å². The molecule has 1 aromatic rings. The van der Waals surface area contributed by atoms with Gasteiger partial charge >= 0.3 is 0 Å². The number of hydrazine groups is 1. The summed E-state index contributed by atoms with van der Waals surface area (Å²) in [5, 5.41) is 11.4. The van der Waals surface area contributed by atoms with Gasteiger partial charge in [-0.15, -0.1) is 0 Å². The Labute approximate surface area is 93.9 Å². The first kappa shape index (κ1) is 10.5. The number of allylic oxidation sites excluding steroid dienone is 1. The zero-order chi connectivity index (χ0) is 11.4. The molecule has 1 aromatic carbocycles. The summed E-state index contributed by atoms with van der Waals surface area (Å²) < 4.78 is 0. The number of phenolic OH excluding ortho intramolecular Hbond substituents is 1. The van der Waals surface area contributed by atoms with Gasteiger partial charge in [0.25, 0.3) is 0 Å². The summed E-state index contributed by atoms with van der Waals surface area (Å²) >= 11 is 0. The van der Waals surface area contributed by atoms with Crippen LogP contribution in [0.15, 0.2) is 35.5 Å². The summed E-state index contributed by atoms with van der Waals surface area (Å²) in [5.41, 5.74) is 10.2. The zero-order valence-corrected chi connectivity index (χ0v) is 8.80. The third-order valence-electron chi connectivity index (χ3n) is 2.27. The van der Waals surface area contributed by atoms with Crippen molar-refractivity contribution in [2.24, 2.45) is 4.99 Å². The number of aliphatic imine (C=N–C) groups is 1. The average Bonchev–Trinajstić information content (AvgIpc) is 2.32. The van der Waals surface area contributed by atoms with Gasteiger partial charge in [-0.3, -0.25) is 10.0 Å². The number of nitrogens with two attached hydrogens (primary N) is 1. The molecule has 0 spiro atoms. The monoisotopic (exact) mass is 218 g/mol. The number of nitrogens with zero attached hydrogens (tertiary/aromatic N) is 2. The van der Waals surface area contributed by atoms with Crippen molar-refractivity contribution in [2.75, 3.05) is 12.4 Å². The number of benzene rings is 1. The third-order valence-corrected chi connectivity index (χ3v) is 2.27. The fourth-order valence-corrected chi connectivity index (χ4v) is 1.42. The molecule has 0 amide bonds. The predicted octanol–water partition coefficient (Wildman–Crippen LogP) is 0.837. The van der Waals surface area contributed by atoms with Crippen LogP contribution in [0.5, 0.6) is 5.75 Å². The van der Waals surface area contributed by atoms with Crippen molar-refractivity contribution in [2.45, 2.75) is 6.54 Å². The number of rotatable bonds is 3. The maximum Gasteiger partial charge on any atom is 0.124 e. The van der Waals surface area contributed by atoms with Gasteiger partial charge in [-0.1, -0.05) is 0 Å². The van der Waals surface area contributed by atoms with Gasteiger partial charge in [0.2, 0.25) is 0 Å². The molecule has 0 fully saturated rings. The Morgan fingerprint density at radius 1 is 1.50 bits per heavy atom. The summed E-state index contributed by atoms with van der Waals surface area (Å²) in [4.78, 5) is 4.08. The van der Waals surface area contributed by atoms with Crippen molar-refractivity contribution in [3.8, 4) is 5.75 Å². The van der Waals surface area contributed by atoms with Crippen LogP contribution in [0.4, 0.5) is 5.69 Å². The van der Waals surface area contributed by atoms with Crippen LogP contribution in [0.2, 0.25) is 0 Å². The van der Waals surface area contributed by atoms with E-state index in [9.17, 15) is 5.11 Å². The lowest BCUT2D eigenvalue weighted by Gasteiger charge is -2.21. The lowest BCUT2D eigenvalue weighted by Crippen LogP contribution is -2.34. The Morgan fingerprint density at radius 3 is 3.12 bits per heavy atom. The molecule has 0 saturated carbocycles. The SMILES string of the molecule is Nc1ccc(O)c(CNN2C=CC=NC2)c1. The van der Waals surface area contributed by atoms with E-state index in [0.717, 1.165) is 5.56 Å². The summed E-state index contributed by atoms with van der Waals surface area (Å²) in [6.45, 7) is 1.08. The normalized spacial score (nSPS) is 14.4. The van der Waals surface area contributed by atoms with Gasteiger partial charge < -0.3 is 10.8 Å². The Kier molecular flexibility index (Phi) is 3.07. The number of nitrogens with one attached hydrogen (secondary N) is 1. The molecule has 0 saturated heterocycles. The molecular weight excluding hydrogens is 204 g/mol. The molecule has 0 radical (unpaired) electrons. The molecule has 84 valence electrons. The van der Waals surface area contributed by atoms with E-state index in [0.29, 0.717) is 18.9 Å². The van der Waals surface area contributed by atoms with Crippen molar-refractivity contribution in [3.63, 3.8) is 0 Å². The minimum absolute atomic E-state index is 0.242. The van der Waals surface area contributed by atoms with Gasteiger partial charge in [-0.2, -0.15) is 0 Å². The smallest absolute Gasteiger partial charge is 0.124 e. The summed E-state index contributed by atoms with van der Waals surface area (Å²) in [7, 11) is 0. The first-order valence-corrected chi connectivity index (χ1v) is 5.00. The summed E-state index contributed by atoms with van der Waals surface area (Å²) in [5.74, 6) is 0.242. The summed E-state index contributed by atoms with van der Waals surface area (Å²) in [6.07, 6.45) is 5.47. The molecular formula is C11H14N4O. The highest BCUT2D eigenvalue weighted by molar-refractivity contribution is 5.71. The van der Waals surface area contributed by atoms with E-state index in [2.05, 4.69) is 10.4 Å². The first-order chi connectivity index (χ1) is 7.75. The quantitative estimate of drug-likeness (QED) is 0.519. The minimum atomic E-state index is 0.242. The second kappa shape index (κ2) is 4.67. The molecule has 1 aliphatic heterocycles. The maximum atomic E-state index is 9.60. The molecule has 1 heterocycles. The highest BCUT2D eigenvalue weighted by Crippen LogP contribution is 2.19. The lowest BCUT2D eigenvalue weighted by molar-refractivity contribution is 0.271. The van der Waals surface area contributed by atoms with E-state index in [-0.39, 0.29) is 5.75 Å². The maximum absolute atomic E-state index is 9.60. The molecule has 0 aliphatic carbocycles. The Morgan fingerprint density at radius 2 is 2.38 bits per heavy atom. The number of hydrogen-bond donors (Lipinski definition) is 3. The number of anilines is 1. The van der Waals surface area contributed by atoms with Crippen molar-refractivity contribution in [3.05, 3.63) is 36.0 Å². The van der Waals surface area contributed by atoms with Gasteiger partial charge in [-0.05, 0) is 24.3 Å². The molecule has 1 aliphatic rings. The number of aromatic hydroxyl groups is 1. The first-order valence-electron chi connectivity index (χ1n) is 5.00. The van der Waals surface area contributed by atoms with Crippen molar-refractivity contribution < 1.29 is 5.11 Å². The molecule has 0 unspecified atom stereocenters. The fourth-order valence-electron chi connectivity index (χ4n) is 1.42. The second-order valence-corrected chi connectivity index (χ2v) is 3.51. The standard InChI is InChI=1S/C11H14N4O/c12-10-2-3-11(16)9(6-10)7-14-15-5-1-4-13-8-15/h1-6,14,16H,7-8,12H2. The van der Waals surface area contributed by atoms with E-state index in [1.165, 1.54) is 0 Å². The van der Waals surface area contributed by atoms with Crippen LogP contribution in [0.25, 0.3) is 0 Å². The van der Waals surface area contributed by atoms with E-state index in [1.807, 2.05) is 17.3 Å². The van der Waals surface area contributed by atoms with Crippen LogP contribution < -0.4 is 11.2 Å². The third kappa shape index (κ3) is 2.52. The second-order valence-electron chi connectivity index (χ2n) is 3.51. The highest BCUT2D eigenvalue weighted by atomic mass is 16.3. The zero-order valence-electron chi connectivity index (χ0n) is 8.80. The molecule has 0 bridgehead atoms. The number of phenols is 1. The van der Waals surface area contributed by atoms with E-state index in [4.69, 9.17) is 5.73 Å². The lowest BCUT2D eigenvalue weighted by atomic mass is 10.2. The molecule has 2 rings (SSSR count). The van der Waals surface area contributed by atoms with Crippen LogP contribution in [0, 0.1) is 0 Å². The molecule has 4 N–H and O–H groups in total. The fraction of sp³-hybridized carbons (Fsp3) is 0.182. The van der Waals surface area contributed by atoms with Crippen LogP contribution >= 0.6 is 0 Å². The number of hydrogen-bond acceptors (Lipinski definition) is 5. The average molecular weight is 218 g/mol.